The maximum absolute atomic E-state index is 11.8. The van der Waals surface area contributed by atoms with Gasteiger partial charge in [-0.05, 0) is 19.3 Å². The standard InChI is InChI=1S/C12H21N3OS/c1-8(2)7-10(11(16)13-4)15-9(3)12-14-5-6-17-12/h5-6,8-10,15H,7H2,1-4H3,(H,13,16). The van der Waals surface area contributed by atoms with Crippen molar-refractivity contribution in [3.63, 3.8) is 0 Å². The zero-order chi connectivity index (χ0) is 12.8. The van der Waals surface area contributed by atoms with Crippen LogP contribution in [0.25, 0.3) is 0 Å². The van der Waals surface area contributed by atoms with E-state index in [4.69, 9.17) is 0 Å². The van der Waals surface area contributed by atoms with Gasteiger partial charge in [-0.1, -0.05) is 13.8 Å². The Balaban J connectivity index is 2.62. The second kappa shape index (κ2) is 6.71. The molecule has 0 aromatic carbocycles. The Morgan fingerprint density at radius 3 is 2.65 bits per heavy atom. The van der Waals surface area contributed by atoms with Gasteiger partial charge in [0, 0.05) is 18.6 Å². The Bertz CT molecular complexity index is 338. The molecule has 0 spiro atoms. The lowest BCUT2D eigenvalue weighted by atomic mass is 10.0. The number of aromatic nitrogens is 1. The van der Waals surface area contributed by atoms with Crippen molar-refractivity contribution >= 4 is 17.2 Å². The Morgan fingerprint density at radius 1 is 1.47 bits per heavy atom. The Labute approximate surface area is 107 Å². The number of nitrogens with one attached hydrogen (secondary N) is 2. The highest BCUT2D eigenvalue weighted by molar-refractivity contribution is 7.09. The zero-order valence-electron chi connectivity index (χ0n) is 10.9. The van der Waals surface area contributed by atoms with E-state index in [0.29, 0.717) is 5.92 Å². The van der Waals surface area contributed by atoms with Crippen LogP contribution in [0, 0.1) is 5.92 Å². The summed E-state index contributed by atoms with van der Waals surface area (Å²) in [6.45, 7) is 6.27. The van der Waals surface area contributed by atoms with E-state index in [2.05, 4.69) is 29.5 Å². The van der Waals surface area contributed by atoms with E-state index in [9.17, 15) is 4.79 Å². The number of carbonyl (C=O) groups is 1. The van der Waals surface area contributed by atoms with Gasteiger partial charge in [0.2, 0.25) is 5.91 Å². The van der Waals surface area contributed by atoms with E-state index in [1.807, 2.05) is 12.3 Å². The second-order valence-electron chi connectivity index (χ2n) is 4.56. The summed E-state index contributed by atoms with van der Waals surface area (Å²) in [6.07, 6.45) is 2.62. The van der Waals surface area contributed by atoms with Gasteiger partial charge < -0.3 is 5.32 Å². The molecule has 4 nitrogen and oxygen atoms in total. The molecule has 1 aromatic heterocycles. The number of likely N-dealkylation sites (N-methyl/N-ethyl adjacent to an activating group) is 1. The van der Waals surface area contributed by atoms with Crippen molar-refractivity contribution in [2.75, 3.05) is 7.05 Å². The van der Waals surface area contributed by atoms with Gasteiger partial charge in [-0.25, -0.2) is 4.98 Å². The average molecular weight is 255 g/mol. The van der Waals surface area contributed by atoms with E-state index in [0.717, 1.165) is 11.4 Å². The monoisotopic (exact) mass is 255 g/mol. The third-order valence-electron chi connectivity index (χ3n) is 2.54. The van der Waals surface area contributed by atoms with Crippen LogP contribution in [0.5, 0.6) is 0 Å². The van der Waals surface area contributed by atoms with Crippen LogP contribution in [0.1, 0.15) is 38.2 Å². The van der Waals surface area contributed by atoms with Gasteiger partial charge in [-0.2, -0.15) is 0 Å². The molecule has 1 aromatic rings. The van der Waals surface area contributed by atoms with Crippen LogP contribution in [0.2, 0.25) is 0 Å². The number of rotatable bonds is 6. The minimum Gasteiger partial charge on any atom is -0.358 e. The first-order valence-corrected chi connectivity index (χ1v) is 6.79. The molecule has 1 amide bonds. The van der Waals surface area contributed by atoms with Crippen LogP contribution in [0.4, 0.5) is 0 Å². The van der Waals surface area contributed by atoms with Crippen LogP contribution < -0.4 is 10.6 Å². The van der Waals surface area contributed by atoms with Crippen molar-refractivity contribution in [1.29, 1.82) is 0 Å². The number of carbonyl (C=O) groups excluding carboxylic acids is 1. The first-order valence-electron chi connectivity index (χ1n) is 5.91. The van der Waals surface area contributed by atoms with Crippen molar-refractivity contribution in [3.8, 4) is 0 Å². The van der Waals surface area contributed by atoms with Gasteiger partial charge in [0.25, 0.3) is 0 Å². The highest BCUT2D eigenvalue weighted by Gasteiger charge is 2.21. The summed E-state index contributed by atoms with van der Waals surface area (Å²) in [5.74, 6) is 0.524. The molecule has 0 radical (unpaired) electrons. The maximum atomic E-state index is 11.8. The molecule has 96 valence electrons. The fourth-order valence-electron chi connectivity index (χ4n) is 1.72. The fourth-order valence-corrected chi connectivity index (χ4v) is 2.37. The van der Waals surface area contributed by atoms with E-state index in [-0.39, 0.29) is 18.0 Å². The summed E-state index contributed by atoms with van der Waals surface area (Å²) in [7, 11) is 1.67. The van der Waals surface area contributed by atoms with Crippen molar-refractivity contribution in [3.05, 3.63) is 16.6 Å². The van der Waals surface area contributed by atoms with E-state index >= 15 is 0 Å². The molecule has 17 heavy (non-hydrogen) atoms. The van der Waals surface area contributed by atoms with Crippen molar-refractivity contribution in [2.45, 2.75) is 39.3 Å². The van der Waals surface area contributed by atoms with Gasteiger partial charge in [0.1, 0.15) is 5.01 Å². The molecule has 2 unspecified atom stereocenters. The molecule has 1 heterocycles. The second-order valence-corrected chi connectivity index (χ2v) is 5.48. The summed E-state index contributed by atoms with van der Waals surface area (Å²) in [5.41, 5.74) is 0. The lowest BCUT2D eigenvalue weighted by molar-refractivity contribution is -0.123. The van der Waals surface area contributed by atoms with Crippen LogP contribution in [0.15, 0.2) is 11.6 Å². The van der Waals surface area contributed by atoms with Gasteiger partial charge in [-0.3, -0.25) is 10.1 Å². The Kier molecular flexibility index (Phi) is 5.58. The van der Waals surface area contributed by atoms with Crippen LogP contribution in [-0.4, -0.2) is 24.0 Å². The molecule has 0 saturated carbocycles. The van der Waals surface area contributed by atoms with Crippen LogP contribution in [-0.2, 0) is 4.79 Å². The molecular formula is C12H21N3OS. The van der Waals surface area contributed by atoms with Gasteiger partial charge in [0.05, 0.1) is 12.1 Å². The van der Waals surface area contributed by atoms with E-state index in [1.54, 1.807) is 24.6 Å². The molecule has 0 aliphatic rings. The van der Waals surface area contributed by atoms with Gasteiger partial charge in [0.15, 0.2) is 0 Å². The quantitative estimate of drug-likeness (QED) is 0.817. The molecule has 2 N–H and O–H groups in total. The first kappa shape index (κ1) is 14.1. The van der Waals surface area contributed by atoms with Crippen LogP contribution in [0.3, 0.4) is 0 Å². The normalized spacial score (nSPS) is 14.6. The fraction of sp³-hybridized carbons (Fsp3) is 0.667. The number of hydrogen-bond donors (Lipinski definition) is 2. The molecule has 0 aliphatic heterocycles. The third kappa shape index (κ3) is 4.44. The highest BCUT2D eigenvalue weighted by Crippen LogP contribution is 2.17. The minimum atomic E-state index is -0.154. The van der Waals surface area contributed by atoms with Gasteiger partial charge >= 0.3 is 0 Å². The summed E-state index contributed by atoms with van der Waals surface area (Å²) >= 11 is 1.61. The van der Waals surface area contributed by atoms with Crippen molar-refractivity contribution in [1.82, 2.24) is 15.6 Å². The minimum absolute atomic E-state index is 0.0436. The average Bonchev–Trinajstić information content (AvgIpc) is 2.79. The largest absolute Gasteiger partial charge is 0.358 e. The van der Waals surface area contributed by atoms with E-state index < -0.39 is 0 Å². The zero-order valence-corrected chi connectivity index (χ0v) is 11.7. The maximum Gasteiger partial charge on any atom is 0.236 e. The molecule has 5 heteroatoms. The van der Waals surface area contributed by atoms with Crippen LogP contribution >= 0.6 is 11.3 Å². The first-order chi connectivity index (χ1) is 8.04. The topological polar surface area (TPSA) is 54.0 Å². The summed E-state index contributed by atoms with van der Waals surface area (Å²) in [5, 5.41) is 9.01. The molecule has 2 atom stereocenters. The SMILES string of the molecule is CNC(=O)C(CC(C)C)NC(C)c1nccs1. The predicted octanol–water partition coefficient (Wildman–Crippen LogP) is 1.95. The predicted molar refractivity (Wildman–Crippen MR) is 71.0 cm³/mol. The van der Waals surface area contributed by atoms with Crippen molar-refractivity contribution in [2.24, 2.45) is 5.92 Å². The lowest BCUT2D eigenvalue weighted by Gasteiger charge is -2.22. The highest BCUT2D eigenvalue weighted by atomic mass is 32.1. The molecule has 0 bridgehead atoms. The summed E-state index contributed by atoms with van der Waals surface area (Å²) < 4.78 is 0. The Hall–Kier alpha value is -0.940. The third-order valence-corrected chi connectivity index (χ3v) is 3.50. The molecule has 0 aliphatic carbocycles. The number of nitrogens with zero attached hydrogens (tertiary/aromatic N) is 1. The number of amides is 1. The number of thiazole rings is 1. The number of hydrogen-bond acceptors (Lipinski definition) is 4. The smallest absolute Gasteiger partial charge is 0.236 e. The Morgan fingerprint density at radius 2 is 2.18 bits per heavy atom. The summed E-state index contributed by atoms with van der Waals surface area (Å²) in [4.78, 5) is 16.0. The van der Waals surface area contributed by atoms with E-state index in [1.165, 1.54) is 0 Å². The lowest BCUT2D eigenvalue weighted by Crippen LogP contribution is -2.44. The molecule has 0 saturated heterocycles. The van der Waals surface area contributed by atoms with Gasteiger partial charge in [-0.15, -0.1) is 11.3 Å². The summed E-state index contributed by atoms with van der Waals surface area (Å²) in [6, 6.07) is -0.0463. The molecule has 0 fully saturated rings. The molecular weight excluding hydrogens is 234 g/mol. The van der Waals surface area contributed by atoms with Crippen molar-refractivity contribution < 1.29 is 4.79 Å². The molecule has 1 rings (SSSR count).